The topological polar surface area (TPSA) is 70.7 Å². The number of hydrogen-bond donors (Lipinski definition) is 2. The minimum atomic E-state index is -0.595. The Morgan fingerprint density at radius 3 is 2.65 bits per heavy atom. The lowest BCUT2D eigenvalue weighted by Gasteiger charge is -2.34. The molecule has 0 bridgehead atoms. The van der Waals surface area contributed by atoms with Crippen molar-refractivity contribution in [3.05, 3.63) is 0 Å². The van der Waals surface area contributed by atoms with Crippen LogP contribution in [0.15, 0.2) is 4.99 Å². The fraction of sp³-hybridized carbons (Fsp3) is 0.857. The van der Waals surface area contributed by atoms with Gasteiger partial charge in [-0.15, -0.1) is 24.0 Å². The number of amides is 1. The number of hydrogen-bond acceptors (Lipinski definition) is 2. The number of nitrogens with zero attached hydrogens (tertiary/aromatic N) is 2. The lowest BCUT2D eigenvalue weighted by molar-refractivity contribution is -0.125. The van der Waals surface area contributed by atoms with Gasteiger partial charge in [-0.1, -0.05) is 6.92 Å². The van der Waals surface area contributed by atoms with E-state index in [2.05, 4.69) is 29.1 Å². The molecule has 1 unspecified atom stereocenters. The van der Waals surface area contributed by atoms with Gasteiger partial charge >= 0.3 is 0 Å². The van der Waals surface area contributed by atoms with E-state index >= 15 is 0 Å². The largest absolute Gasteiger partial charge is 0.369 e. The summed E-state index contributed by atoms with van der Waals surface area (Å²) in [4.78, 5) is 18.2. The first-order valence-electron chi connectivity index (χ1n) is 7.20. The SMILES string of the molecule is CCNC(=NCC(C)(C)C(N)=O)N1CCCC(C)C1.I. The number of piperidine rings is 1. The summed E-state index contributed by atoms with van der Waals surface area (Å²) in [5.74, 6) is 1.30. The van der Waals surface area contributed by atoms with Crippen molar-refractivity contribution in [1.29, 1.82) is 0 Å². The van der Waals surface area contributed by atoms with Gasteiger partial charge in [0.05, 0.1) is 12.0 Å². The van der Waals surface area contributed by atoms with Gasteiger partial charge in [-0.05, 0) is 39.5 Å². The quantitative estimate of drug-likeness (QED) is 0.433. The fourth-order valence-electron chi connectivity index (χ4n) is 2.16. The second kappa shape index (κ2) is 8.69. The molecule has 0 spiro atoms. The average molecular weight is 396 g/mol. The molecule has 1 amide bonds. The number of likely N-dealkylation sites (tertiary alicyclic amines) is 1. The van der Waals surface area contributed by atoms with E-state index in [0.29, 0.717) is 12.5 Å². The molecule has 6 heteroatoms. The predicted molar refractivity (Wildman–Crippen MR) is 94.3 cm³/mol. The van der Waals surface area contributed by atoms with Crippen molar-refractivity contribution in [3.8, 4) is 0 Å². The first kappa shape index (κ1) is 19.5. The second-order valence-corrected chi connectivity index (χ2v) is 6.11. The van der Waals surface area contributed by atoms with E-state index in [-0.39, 0.29) is 29.9 Å². The van der Waals surface area contributed by atoms with Gasteiger partial charge in [-0.2, -0.15) is 0 Å². The highest BCUT2D eigenvalue weighted by Crippen LogP contribution is 2.17. The van der Waals surface area contributed by atoms with E-state index in [4.69, 9.17) is 5.73 Å². The third-order valence-corrected chi connectivity index (χ3v) is 3.58. The number of carbonyl (C=O) groups excluding carboxylic acids is 1. The van der Waals surface area contributed by atoms with Crippen LogP contribution in [0.4, 0.5) is 0 Å². The molecular formula is C14H29IN4O. The number of halogens is 1. The molecule has 1 heterocycles. The van der Waals surface area contributed by atoms with Crippen molar-refractivity contribution in [2.24, 2.45) is 22.1 Å². The normalized spacial score (nSPS) is 20.3. The van der Waals surface area contributed by atoms with E-state index in [0.717, 1.165) is 25.6 Å². The van der Waals surface area contributed by atoms with Crippen molar-refractivity contribution >= 4 is 35.8 Å². The first-order valence-corrected chi connectivity index (χ1v) is 7.20. The summed E-state index contributed by atoms with van der Waals surface area (Å²) in [6.07, 6.45) is 2.48. The smallest absolute Gasteiger partial charge is 0.224 e. The van der Waals surface area contributed by atoms with Crippen LogP contribution in [-0.2, 0) is 4.79 Å². The van der Waals surface area contributed by atoms with Crippen LogP contribution >= 0.6 is 24.0 Å². The Hall–Kier alpha value is -0.530. The third-order valence-electron chi connectivity index (χ3n) is 3.58. The van der Waals surface area contributed by atoms with Crippen LogP contribution in [0.2, 0.25) is 0 Å². The van der Waals surface area contributed by atoms with Crippen LogP contribution in [-0.4, -0.2) is 42.9 Å². The minimum absolute atomic E-state index is 0. The van der Waals surface area contributed by atoms with Crippen LogP contribution in [0, 0.1) is 11.3 Å². The van der Waals surface area contributed by atoms with Gasteiger partial charge in [0, 0.05) is 19.6 Å². The van der Waals surface area contributed by atoms with E-state index < -0.39 is 5.41 Å². The summed E-state index contributed by atoms with van der Waals surface area (Å²) in [5, 5.41) is 3.31. The summed E-state index contributed by atoms with van der Waals surface area (Å²) < 4.78 is 0. The predicted octanol–water partition coefficient (Wildman–Crippen LogP) is 1.81. The average Bonchev–Trinajstić information content (AvgIpc) is 2.34. The Kier molecular flexibility index (Phi) is 8.46. The highest BCUT2D eigenvalue weighted by Gasteiger charge is 2.26. The number of guanidine groups is 1. The van der Waals surface area contributed by atoms with Crippen molar-refractivity contribution < 1.29 is 4.79 Å². The van der Waals surface area contributed by atoms with Crippen LogP contribution < -0.4 is 11.1 Å². The van der Waals surface area contributed by atoms with Crippen molar-refractivity contribution in [1.82, 2.24) is 10.2 Å². The van der Waals surface area contributed by atoms with Gasteiger partial charge in [0.25, 0.3) is 0 Å². The molecule has 0 radical (unpaired) electrons. The summed E-state index contributed by atoms with van der Waals surface area (Å²) >= 11 is 0. The molecule has 0 saturated carbocycles. The number of rotatable bonds is 4. The molecule has 1 fully saturated rings. The maximum atomic E-state index is 11.3. The summed E-state index contributed by atoms with van der Waals surface area (Å²) in [5.41, 5.74) is 4.79. The number of nitrogens with one attached hydrogen (secondary N) is 1. The van der Waals surface area contributed by atoms with Gasteiger partial charge < -0.3 is 16.0 Å². The fourth-order valence-corrected chi connectivity index (χ4v) is 2.16. The zero-order valence-corrected chi connectivity index (χ0v) is 15.4. The zero-order valence-electron chi connectivity index (χ0n) is 13.1. The molecular weight excluding hydrogens is 367 g/mol. The molecule has 1 aliphatic heterocycles. The molecule has 1 rings (SSSR count). The summed E-state index contributed by atoms with van der Waals surface area (Å²) in [7, 11) is 0. The standard InChI is InChI=1S/C14H28N4O.HI/c1-5-16-13(17-10-14(3,4)12(15)19)18-8-6-7-11(2)9-18;/h11H,5-10H2,1-4H3,(H2,15,19)(H,16,17);1H. The van der Waals surface area contributed by atoms with Gasteiger partial charge in [0.2, 0.25) is 5.91 Å². The summed E-state index contributed by atoms with van der Waals surface area (Å²) in [6.45, 7) is 11.3. The third kappa shape index (κ3) is 5.85. The van der Waals surface area contributed by atoms with E-state index in [1.165, 1.54) is 12.8 Å². The lowest BCUT2D eigenvalue weighted by Crippen LogP contribution is -2.47. The van der Waals surface area contributed by atoms with Crippen molar-refractivity contribution in [2.45, 2.75) is 40.5 Å². The second-order valence-electron chi connectivity index (χ2n) is 6.11. The molecule has 1 atom stereocenters. The number of carbonyl (C=O) groups is 1. The Morgan fingerprint density at radius 1 is 1.50 bits per heavy atom. The van der Waals surface area contributed by atoms with E-state index in [9.17, 15) is 4.79 Å². The number of nitrogens with two attached hydrogens (primary N) is 1. The molecule has 3 N–H and O–H groups in total. The number of primary amides is 1. The molecule has 5 nitrogen and oxygen atoms in total. The molecule has 0 aliphatic carbocycles. The van der Waals surface area contributed by atoms with Crippen LogP contribution in [0.25, 0.3) is 0 Å². The molecule has 0 aromatic carbocycles. The Bertz CT molecular complexity index is 344. The van der Waals surface area contributed by atoms with Gasteiger partial charge in [0.15, 0.2) is 5.96 Å². The number of aliphatic imine (C=N–C) groups is 1. The molecule has 0 aromatic rings. The Balaban J connectivity index is 0.00000361. The molecule has 1 saturated heterocycles. The highest BCUT2D eigenvalue weighted by atomic mass is 127. The Morgan fingerprint density at radius 2 is 2.15 bits per heavy atom. The van der Waals surface area contributed by atoms with Crippen molar-refractivity contribution in [3.63, 3.8) is 0 Å². The highest BCUT2D eigenvalue weighted by molar-refractivity contribution is 14.0. The van der Waals surface area contributed by atoms with Gasteiger partial charge in [0.1, 0.15) is 0 Å². The lowest BCUT2D eigenvalue weighted by atomic mass is 9.93. The van der Waals surface area contributed by atoms with Gasteiger partial charge in [-0.3, -0.25) is 9.79 Å². The van der Waals surface area contributed by atoms with Crippen LogP contribution in [0.5, 0.6) is 0 Å². The first-order chi connectivity index (χ1) is 8.86. The van der Waals surface area contributed by atoms with Crippen LogP contribution in [0.1, 0.15) is 40.5 Å². The molecule has 0 aromatic heterocycles. The zero-order chi connectivity index (χ0) is 14.5. The monoisotopic (exact) mass is 396 g/mol. The molecule has 1 aliphatic rings. The van der Waals surface area contributed by atoms with E-state index in [1.54, 1.807) is 0 Å². The maximum absolute atomic E-state index is 11.3. The molecule has 118 valence electrons. The van der Waals surface area contributed by atoms with Crippen molar-refractivity contribution in [2.75, 3.05) is 26.2 Å². The van der Waals surface area contributed by atoms with Crippen LogP contribution in [0.3, 0.4) is 0 Å². The maximum Gasteiger partial charge on any atom is 0.224 e. The van der Waals surface area contributed by atoms with Gasteiger partial charge in [-0.25, -0.2) is 0 Å². The summed E-state index contributed by atoms with van der Waals surface area (Å²) in [6, 6.07) is 0. The minimum Gasteiger partial charge on any atom is -0.369 e. The Labute approximate surface area is 139 Å². The molecule has 20 heavy (non-hydrogen) atoms. The van der Waals surface area contributed by atoms with E-state index in [1.807, 2.05) is 13.8 Å².